The van der Waals surface area contributed by atoms with Crippen molar-refractivity contribution in [2.75, 3.05) is 26.2 Å². The number of halogens is 1. The molecule has 2 aliphatic rings. The molecule has 2 aromatic rings. The molecule has 1 aromatic heterocycles. The van der Waals surface area contributed by atoms with Crippen molar-refractivity contribution in [1.82, 2.24) is 19.9 Å². The molecule has 7 heteroatoms. The van der Waals surface area contributed by atoms with Gasteiger partial charge in [-0.3, -0.25) is 9.80 Å². The lowest BCUT2D eigenvalue weighted by Gasteiger charge is -2.39. The molecule has 0 amide bonds. The Morgan fingerprint density at radius 2 is 1.92 bits per heavy atom. The van der Waals surface area contributed by atoms with E-state index in [1.54, 1.807) is 0 Å². The second kappa shape index (κ2) is 7.41. The molecule has 2 fully saturated rings. The van der Waals surface area contributed by atoms with E-state index in [0.29, 0.717) is 35.4 Å². The number of hydrogen-bond donors (Lipinski definition) is 1. The van der Waals surface area contributed by atoms with Crippen LogP contribution in [0.15, 0.2) is 28.8 Å². The van der Waals surface area contributed by atoms with E-state index in [4.69, 9.17) is 16.1 Å². The minimum Gasteiger partial charge on any atom is -0.395 e. The quantitative estimate of drug-likeness (QED) is 0.881. The molecule has 0 spiro atoms. The van der Waals surface area contributed by atoms with Gasteiger partial charge >= 0.3 is 0 Å². The lowest BCUT2D eigenvalue weighted by atomic mass is 9.97. The lowest BCUT2D eigenvalue weighted by Crippen LogP contribution is -2.50. The Labute approximate surface area is 152 Å². The van der Waals surface area contributed by atoms with Crippen molar-refractivity contribution in [2.24, 2.45) is 0 Å². The van der Waals surface area contributed by atoms with E-state index in [1.807, 2.05) is 24.3 Å². The maximum Gasteiger partial charge on any atom is 0.241 e. The minimum absolute atomic E-state index is 0.233. The summed E-state index contributed by atoms with van der Waals surface area (Å²) in [7, 11) is 0. The average Bonchev–Trinajstić information content (AvgIpc) is 3.25. The number of aliphatic hydroxyl groups is 1. The van der Waals surface area contributed by atoms with Crippen LogP contribution in [-0.4, -0.2) is 63.4 Å². The van der Waals surface area contributed by atoms with E-state index in [1.165, 1.54) is 12.8 Å². The lowest BCUT2D eigenvalue weighted by molar-refractivity contribution is 0.0720. The molecule has 2 atom stereocenters. The zero-order valence-electron chi connectivity index (χ0n) is 14.1. The van der Waals surface area contributed by atoms with Crippen LogP contribution in [0.2, 0.25) is 5.02 Å². The van der Waals surface area contributed by atoms with Crippen LogP contribution in [-0.2, 0) is 6.54 Å². The molecule has 2 aliphatic heterocycles. The molecule has 0 aliphatic carbocycles. The van der Waals surface area contributed by atoms with E-state index < -0.39 is 0 Å². The Hall–Kier alpha value is -1.47. The van der Waals surface area contributed by atoms with Crippen molar-refractivity contribution in [3.8, 4) is 11.4 Å². The van der Waals surface area contributed by atoms with E-state index >= 15 is 0 Å². The molecule has 1 N–H and O–H groups in total. The Bertz CT molecular complexity index is 703. The van der Waals surface area contributed by atoms with Gasteiger partial charge < -0.3 is 9.63 Å². The number of rotatable bonds is 5. The Balaban J connectivity index is 1.43. The number of piperidine rings is 1. The van der Waals surface area contributed by atoms with Crippen LogP contribution in [0.3, 0.4) is 0 Å². The molecule has 25 heavy (non-hydrogen) atoms. The normalized spacial score (nSPS) is 24.6. The van der Waals surface area contributed by atoms with Crippen molar-refractivity contribution >= 4 is 11.6 Å². The maximum absolute atomic E-state index is 9.27. The minimum atomic E-state index is 0.233. The molecule has 1 aromatic carbocycles. The highest BCUT2D eigenvalue weighted by atomic mass is 35.5. The third kappa shape index (κ3) is 3.58. The number of β-amino-alcohol motifs (C(OH)–C–C–N with tert-alkyl or cyclic N) is 1. The first-order valence-electron chi connectivity index (χ1n) is 8.92. The first kappa shape index (κ1) is 17.0. The molecule has 134 valence electrons. The molecule has 4 rings (SSSR count). The SMILES string of the molecule is OCCN1CCCC2C1CCN2Cc1nc(-c2ccc(Cl)cc2)no1. The highest BCUT2D eigenvalue weighted by molar-refractivity contribution is 6.30. The third-order valence-corrected chi connectivity index (χ3v) is 5.59. The topological polar surface area (TPSA) is 65.6 Å². The molecule has 2 saturated heterocycles. The predicted octanol–water partition coefficient (Wildman–Crippen LogP) is 2.42. The van der Waals surface area contributed by atoms with Crippen molar-refractivity contribution in [2.45, 2.75) is 37.9 Å². The third-order valence-electron chi connectivity index (χ3n) is 5.34. The fraction of sp³-hybridized carbons (Fsp3) is 0.556. The second-order valence-corrected chi connectivity index (χ2v) is 7.25. The Morgan fingerprint density at radius 1 is 1.12 bits per heavy atom. The number of benzene rings is 1. The van der Waals surface area contributed by atoms with Crippen molar-refractivity contribution < 1.29 is 9.63 Å². The molecular weight excluding hydrogens is 340 g/mol. The van der Waals surface area contributed by atoms with Gasteiger partial charge in [0.15, 0.2) is 0 Å². The van der Waals surface area contributed by atoms with Gasteiger partial charge in [-0.2, -0.15) is 4.98 Å². The molecule has 0 bridgehead atoms. The van der Waals surface area contributed by atoms with Gasteiger partial charge in [0, 0.05) is 35.8 Å². The fourth-order valence-corrected chi connectivity index (χ4v) is 4.31. The van der Waals surface area contributed by atoms with Crippen LogP contribution in [0.4, 0.5) is 0 Å². The van der Waals surface area contributed by atoms with E-state index in [2.05, 4.69) is 19.9 Å². The monoisotopic (exact) mass is 362 g/mol. The van der Waals surface area contributed by atoms with Crippen molar-refractivity contribution in [3.05, 3.63) is 35.2 Å². The van der Waals surface area contributed by atoms with Gasteiger partial charge in [-0.25, -0.2) is 0 Å². The molecule has 0 saturated carbocycles. The Kier molecular flexibility index (Phi) is 5.03. The summed E-state index contributed by atoms with van der Waals surface area (Å²) in [6, 6.07) is 8.52. The highest BCUT2D eigenvalue weighted by Gasteiger charge is 2.40. The summed E-state index contributed by atoms with van der Waals surface area (Å²) in [6.07, 6.45) is 3.52. The van der Waals surface area contributed by atoms with Gasteiger partial charge in [-0.05, 0) is 50.1 Å². The Morgan fingerprint density at radius 3 is 2.72 bits per heavy atom. The van der Waals surface area contributed by atoms with Gasteiger partial charge in [0.25, 0.3) is 0 Å². The standard InChI is InChI=1S/C18H23ClN4O2/c19-14-5-3-13(4-6-14)18-20-17(25-21-18)12-23-9-7-16-15(23)2-1-8-22(16)10-11-24/h3-6,15-16,24H,1-2,7-12H2. The first-order valence-corrected chi connectivity index (χ1v) is 9.30. The summed E-state index contributed by atoms with van der Waals surface area (Å²) >= 11 is 5.93. The van der Waals surface area contributed by atoms with Crippen LogP contribution in [0.1, 0.15) is 25.2 Å². The first-order chi connectivity index (χ1) is 12.2. The average molecular weight is 363 g/mol. The number of aliphatic hydroxyl groups excluding tert-OH is 1. The van der Waals surface area contributed by atoms with Crippen LogP contribution in [0.5, 0.6) is 0 Å². The van der Waals surface area contributed by atoms with Crippen LogP contribution in [0.25, 0.3) is 11.4 Å². The van der Waals surface area contributed by atoms with Crippen LogP contribution < -0.4 is 0 Å². The molecular formula is C18H23ClN4O2. The van der Waals surface area contributed by atoms with Gasteiger partial charge in [0.2, 0.25) is 11.7 Å². The second-order valence-electron chi connectivity index (χ2n) is 6.81. The highest BCUT2D eigenvalue weighted by Crippen LogP contribution is 2.31. The number of likely N-dealkylation sites (tertiary alicyclic amines) is 2. The summed E-state index contributed by atoms with van der Waals surface area (Å²) < 4.78 is 5.48. The number of hydrogen-bond acceptors (Lipinski definition) is 6. The smallest absolute Gasteiger partial charge is 0.241 e. The summed E-state index contributed by atoms with van der Waals surface area (Å²) in [6.45, 7) is 3.83. The largest absolute Gasteiger partial charge is 0.395 e. The van der Waals surface area contributed by atoms with Gasteiger partial charge in [-0.1, -0.05) is 16.8 Å². The molecule has 6 nitrogen and oxygen atoms in total. The number of aromatic nitrogens is 2. The van der Waals surface area contributed by atoms with Gasteiger partial charge in [0.1, 0.15) is 0 Å². The van der Waals surface area contributed by atoms with Gasteiger partial charge in [0.05, 0.1) is 13.2 Å². The molecule has 2 unspecified atom stereocenters. The summed E-state index contributed by atoms with van der Waals surface area (Å²) in [5.41, 5.74) is 0.908. The van der Waals surface area contributed by atoms with Crippen LogP contribution >= 0.6 is 11.6 Å². The van der Waals surface area contributed by atoms with Crippen molar-refractivity contribution in [1.29, 1.82) is 0 Å². The summed E-state index contributed by atoms with van der Waals surface area (Å²) in [5, 5.41) is 14.1. The van der Waals surface area contributed by atoms with E-state index in [9.17, 15) is 5.11 Å². The summed E-state index contributed by atoms with van der Waals surface area (Å²) in [4.78, 5) is 9.43. The summed E-state index contributed by atoms with van der Waals surface area (Å²) in [5.74, 6) is 1.26. The van der Waals surface area contributed by atoms with E-state index in [-0.39, 0.29) is 6.61 Å². The predicted molar refractivity (Wildman–Crippen MR) is 95.2 cm³/mol. The van der Waals surface area contributed by atoms with E-state index in [0.717, 1.165) is 31.6 Å². The fourth-order valence-electron chi connectivity index (χ4n) is 4.18. The molecule has 0 radical (unpaired) electrons. The zero-order valence-corrected chi connectivity index (χ0v) is 14.9. The van der Waals surface area contributed by atoms with Crippen molar-refractivity contribution in [3.63, 3.8) is 0 Å². The molecule has 3 heterocycles. The maximum atomic E-state index is 9.27. The zero-order chi connectivity index (χ0) is 17.2. The number of nitrogens with zero attached hydrogens (tertiary/aromatic N) is 4. The number of fused-ring (bicyclic) bond motifs is 1. The van der Waals surface area contributed by atoms with Gasteiger partial charge in [-0.15, -0.1) is 0 Å². The van der Waals surface area contributed by atoms with Crippen LogP contribution in [0, 0.1) is 0 Å².